The number of nitrogens with zero attached hydrogens (tertiary/aromatic N) is 4. The summed E-state index contributed by atoms with van der Waals surface area (Å²) in [6.07, 6.45) is 0. The van der Waals surface area contributed by atoms with Crippen molar-refractivity contribution in [1.82, 2.24) is 20.0 Å². The minimum atomic E-state index is -0.439. The van der Waals surface area contributed by atoms with Crippen molar-refractivity contribution in [3.63, 3.8) is 0 Å². The van der Waals surface area contributed by atoms with Gasteiger partial charge in [0.1, 0.15) is 10.7 Å². The number of rotatable bonds is 3. The summed E-state index contributed by atoms with van der Waals surface area (Å²) in [6.45, 7) is 0. The summed E-state index contributed by atoms with van der Waals surface area (Å²) in [5.41, 5.74) is 0.790. The molecule has 1 aromatic carbocycles. The number of carbonyl (C=O) groups excluding carboxylic acids is 1. The van der Waals surface area contributed by atoms with Crippen LogP contribution >= 0.6 is 11.3 Å². The van der Waals surface area contributed by atoms with Crippen molar-refractivity contribution in [1.29, 1.82) is 0 Å². The fourth-order valence-electron chi connectivity index (χ4n) is 1.76. The zero-order valence-corrected chi connectivity index (χ0v) is 12.4. The molecule has 0 aliphatic heterocycles. The van der Waals surface area contributed by atoms with Crippen LogP contribution in [0.15, 0.2) is 47.3 Å². The largest absolute Gasteiger partial charge is 0.295 e. The highest BCUT2D eigenvalue weighted by Crippen LogP contribution is 2.25. The molecule has 0 bridgehead atoms. The molecule has 110 valence electrons. The lowest BCUT2D eigenvalue weighted by Crippen LogP contribution is -2.23. The van der Waals surface area contributed by atoms with E-state index >= 15 is 0 Å². The van der Waals surface area contributed by atoms with Crippen LogP contribution in [0.4, 0.5) is 5.13 Å². The molecule has 1 N–H and O–H groups in total. The van der Waals surface area contributed by atoms with Crippen molar-refractivity contribution >= 4 is 22.4 Å². The molecule has 0 radical (unpaired) electrons. The van der Waals surface area contributed by atoms with E-state index in [4.69, 9.17) is 0 Å². The van der Waals surface area contributed by atoms with Crippen LogP contribution in [0.3, 0.4) is 0 Å². The van der Waals surface area contributed by atoms with Gasteiger partial charge in [0.05, 0.1) is 0 Å². The first-order valence-electron chi connectivity index (χ1n) is 6.38. The second kappa shape index (κ2) is 5.86. The molecule has 0 fully saturated rings. The van der Waals surface area contributed by atoms with Gasteiger partial charge in [0.15, 0.2) is 0 Å². The van der Waals surface area contributed by atoms with Gasteiger partial charge in [-0.05, 0) is 6.07 Å². The van der Waals surface area contributed by atoms with Gasteiger partial charge >= 0.3 is 0 Å². The van der Waals surface area contributed by atoms with Gasteiger partial charge in [-0.25, -0.2) is 4.68 Å². The Kier molecular flexibility index (Phi) is 3.75. The van der Waals surface area contributed by atoms with Crippen LogP contribution in [-0.2, 0) is 7.05 Å². The lowest BCUT2D eigenvalue weighted by atomic mass is 10.2. The molecule has 0 spiro atoms. The quantitative estimate of drug-likeness (QED) is 0.792. The van der Waals surface area contributed by atoms with Gasteiger partial charge in [0.25, 0.3) is 11.5 Å². The summed E-state index contributed by atoms with van der Waals surface area (Å²) >= 11 is 1.27. The van der Waals surface area contributed by atoms with E-state index in [2.05, 4.69) is 20.6 Å². The second-order valence-corrected chi connectivity index (χ2v) is 5.39. The second-order valence-electron chi connectivity index (χ2n) is 4.41. The van der Waals surface area contributed by atoms with Crippen molar-refractivity contribution in [2.75, 3.05) is 5.32 Å². The van der Waals surface area contributed by atoms with E-state index in [1.54, 1.807) is 0 Å². The number of aromatic nitrogens is 4. The molecule has 8 heteroatoms. The fourth-order valence-corrected chi connectivity index (χ4v) is 2.50. The third kappa shape index (κ3) is 2.91. The Hall–Kier alpha value is -2.87. The number of amides is 1. The lowest BCUT2D eigenvalue weighted by molar-refractivity contribution is 0.102. The number of aryl methyl sites for hydroxylation is 1. The third-order valence-electron chi connectivity index (χ3n) is 2.86. The molecule has 0 aliphatic rings. The van der Waals surface area contributed by atoms with Crippen molar-refractivity contribution in [2.45, 2.75) is 0 Å². The Morgan fingerprint density at radius 3 is 2.64 bits per heavy atom. The van der Waals surface area contributed by atoms with Crippen LogP contribution in [0.25, 0.3) is 10.6 Å². The average Bonchev–Trinajstić information content (AvgIpc) is 2.99. The smallest absolute Gasteiger partial charge is 0.277 e. The zero-order chi connectivity index (χ0) is 15.5. The van der Waals surface area contributed by atoms with Crippen molar-refractivity contribution in [3.8, 4) is 10.6 Å². The van der Waals surface area contributed by atoms with E-state index < -0.39 is 5.91 Å². The Morgan fingerprint density at radius 2 is 1.91 bits per heavy atom. The standard InChI is InChI=1S/C14H11N5O2S/c1-19-11(20)8-7-10(18-19)12(21)15-14-17-16-13(22-14)9-5-3-2-4-6-9/h2-8H,1H3,(H,15,17,21). The lowest BCUT2D eigenvalue weighted by Gasteiger charge is -2.01. The molecular formula is C14H11N5O2S. The highest BCUT2D eigenvalue weighted by Gasteiger charge is 2.13. The first-order chi connectivity index (χ1) is 10.6. The fraction of sp³-hybridized carbons (Fsp3) is 0.0714. The molecule has 0 saturated carbocycles. The molecule has 3 rings (SSSR count). The van der Waals surface area contributed by atoms with E-state index in [0.29, 0.717) is 10.1 Å². The summed E-state index contributed by atoms with van der Waals surface area (Å²) in [4.78, 5) is 23.3. The van der Waals surface area contributed by atoms with E-state index in [9.17, 15) is 9.59 Å². The van der Waals surface area contributed by atoms with Gasteiger partial charge in [-0.3, -0.25) is 14.9 Å². The number of carbonyl (C=O) groups is 1. The predicted octanol–water partition coefficient (Wildman–Crippen LogP) is 1.55. The maximum atomic E-state index is 12.1. The molecule has 2 heterocycles. The third-order valence-corrected chi connectivity index (χ3v) is 3.75. The maximum absolute atomic E-state index is 12.1. The van der Waals surface area contributed by atoms with E-state index in [0.717, 1.165) is 10.2 Å². The normalized spacial score (nSPS) is 10.4. The van der Waals surface area contributed by atoms with E-state index in [1.165, 1.54) is 30.5 Å². The van der Waals surface area contributed by atoms with Gasteiger partial charge in [-0.1, -0.05) is 41.7 Å². The Balaban J connectivity index is 1.79. The molecule has 22 heavy (non-hydrogen) atoms. The van der Waals surface area contributed by atoms with Gasteiger partial charge in [-0.15, -0.1) is 10.2 Å². The summed E-state index contributed by atoms with van der Waals surface area (Å²) in [6, 6.07) is 12.2. The Morgan fingerprint density at radius 1 is 1.14 bits per heavy atom. The van der Waals surface area contributed by atoms with Crippen LogP contribution in [0.2, 0.25) is 0 Å². The first-order valence-corrected chi connectivity index (χ1v) is 7.20. The predicted molar refractivity (Wildman–Crippen MR) is 82.8 cm³/mol. The van der Waals surface area contributed by atoms with Gasteiger partial charge < -0.3 is 0 Å². The number of hydrogen-bond acceptors (Lipinski definition) is 6. The van der Waals surface area contributed by atoms with E-state index in [1.807, 2.05) is 30.3 Å². The summed E-state index contributed by atoms with van der Waals surface area (Å²) in [7, 11) is 1.48. The molecule has 0 atom stereocenters. The van der Waals surface area contributed by atoms with Crippen LogP contribution in [0, 0.1) is 0 Å². The maximum Gasteiger partial charge on any atom is 0.277 e. The average molecular weight is 313 g/mol. The van der Waals surface area contributed by atoms with Crippen LogP contribution < -0.4 is 10.9 Å². The number of benzene rings is 1. The van der Waals surface area contributed by atoms with Crippen LogP contribution in [0.1, 0.15) is 10.5 Å². The number of nitrogens with one attached hydrogen (secondary N) is 1. The number of anilines is 1. The minimum Gasteiger partial charge on any atom is -0.295 e. The van der Waals surface area contributed by atoms with Crippen LogP contribution in [0.5, 0.6) is 0 Å². The van der Waals surface area contributed by atoms with E-state index in [-0.39, 0.29) is 11.3 Å². The van der Waals surface area contributed by atoms with Crippen molar-refractivity contribution in [3.05, 3.63) is 58.5 Å². The summed E-state index contributed by atoms with van der Waals surface area (Å²) < 4.78 is 1.10. The molecule has 1 amide bonds. The van der Waals surface area contributed by atoms with Crippen molar-refractivity contribution in [2.24, 2.45) is 7.05 Å². The highest BCUT2D eigenvalue weighted by molar-refractivity contribution is 7.18. The Labute approximate surface area is 129 Å². The molecule has 0 saturated heterocycles. The number of hydrogen-bond donors (Lipinski definition) is 1. The highest BCUT2D eigenvalue weighted by atomic mass is 32.1. The van der Waals surface area contributed by atoms with Crippen LogP contribution in [-0.4, -0.2) is 25.9 Å². The first kappa shape index (κ1) is 14.1. The molecule has 7 nitrogen and oxygen atoms in total. The van der Waals surface area contributed by atoms with Gasteiger partial charge in [-0.2, -0.15) is 5.10 Å². The molecular weight excluding hydrogens is 302 g/mol. The van der Waals surface area contributed by atoms with Gasteiger partial charge in [0, 0.05) is 18.7 Å². The zero-order valence-electron chi connectivity index (χ0n) is 11.6. The summed E-state index contributed by atoms with van der Waals surface area (Å²) in [5, 5.41) is 15.6. The summed E-state index contributed by atoms with van der Waals surface area (Å²) in [5.74, 6) is -0.439. The topological polar surface area (TPSA) is 89.8 Å². The molecule has 0 unspecified atom stereocenters. The molecule has 2 aromatic heterocycles. The Bertz CT molecular complexity index is 872. The van der Waals surface area contributed by atoms with Gasteiger partial charge in [0.2, 0.25) is 5.13 Å². The van der Waals surface area contributed by atoms with Crippen molar-refractivity contribution < 1.29 is 4.79 Å². The SMILES string of the molecule is Cn1nc(C(=O)Nc2nnc(-c3ccccc3)s2)ccc1=O. The molecule has 3 aromatic rings. The monoisotopic (exact) mass is 313 g/mol. The minimum absolute atomic E-state index is 0.138. The molecule has 0 aliphatic carbocycles.